The zero-order chi connectivity index (χ0) is 21.7. The minimum absolute atomic E-state index is 0.223. The van der Waals surface area contributed by atoms with Gasteiger partial charge >= 0.3 is 5.97 Å². The van der Waals surface area contributed by atoms with Gasteiger partial charge in [-0.15, -0.1) is 0 Å². The van der Waals surface area contributed by atoms with Crippen LogP contribution in [0, 0.1) is 0 Å². The molecule has 156 valence electrons. The van der Waals surface area contributed by atoms with Gasteiger partial charge in [0.15, 0.2) is 16.4 Å². The Labute approximate surface area is 184 Å². The molecule has 1 aliphatic heterocycles. The van der Waals surface area contributed by atoms with E-state index in [0.29, 0.717) is 21.3 Å². The van der Waals surface area contributed by atoms with E-state index in [4.69, 9.17) is 27.9 Å². The Morgan fingerprint density at radius 3 is 2.47 bits per heavy atom. The van der Waals surface area contributed by atoms with Crippen LogP contribution in [0.2, 0.25) is 10.0 Å². The van der Waals surface area contributed by atoms with Crippen molar-refractivity contribution in [3.05, 3.63) is 81.7 Å². The number of anilines is 1. The van der Waals surface area contributed by atoms with Crippen LogP contribution in [-0.2, 0) is 24.2 Å². The molecule has 1 heterocycles. The number of amides is 1. The molecule has 0 saturated carbocycles. The van der Waals surface area contributed by atoms with Gasteiger partial charge in [0.25, 0.3) is 5.91 Å². The highest BCUT2D eigenvalue weighted by Crippen LogP contribution is 2.24. The van der Waals surface area contributed by atoms with Crippen LogP contribution in [0.1, 0.15) is 5.56 Å². The molecule has 6 nitrogen and oxygen atoms in total. The number of hydrogen-bond donors (Lipinski definition) is 0. The molecular weight excluding hydrogens is 449 g/mol. The minimum Gasteiger partial charge on any atom is -0.452 e. The number of ether oxygens (including phenoxy) is 1. The van der Waals surface area contributed by atoms with Crippen LogP contribution in [0.3, 0.4) is 0 Å². The fraction of sp³-hybridized carbons (Fsp3) is 0.143. The van der Waals surface area contributed by atoms with E-state index in [1.807, 2.05) is 0 Å². The summed E-state index contributed by atoms with van der Waals surface area (Å²) in [6, 6.07) is 12.8. The number of hydrogen-bond acceptors (Lipinski definition) is 5. The van der Waals surface area contributed by atoms with Crippen LogP contribution in [0.5, 0.6) is 0 Å². The van der Waals surface area contributed by atoms with Crippen LogP contribution < -0.4 is 4.90 Å². The number of para-hydroxylation sites is 1. The number of carbonyl (C=O) groups is 2. The van der Waals surface area contributed by atoms with E-state index in [9.17, 15) is 18.0 Å². The Bertz CT molecular complexity index is 1110. The number of sulfone groups is 1. The largest absolute Gasteiger partial charge is 0.452 e. The lowest BCUT2D eigenvalue weighted by Gasteiger charge is -2.27. The first-order valence-electron chi connectivity index (χ1n) is 8.83. The van der Waals surface area contributed by atoms with Crippen molar-refractivity contribution in [3.8, 4) is 0 Å². The molecular formula is C21H17Cl2NO5S. The third-order valence-corrected chi connectivity index (χ3v) is 6.36. The predicted octanol–water partition coefficient (Wildman–Crippen LogP) is 3.89. The molecule has 1 atom stereocenters. The van der Waals surface area contributed by atoms with E-state index in [1.165, 1.54) is 23.1 Å². The Morgan fingerprint density at radius 2 is 1.83 bits per heavy atom. The fourth-order valence-corrected chi connectivity index (χ4v) is 4.43. The van der Waals surface area contributed by atoms with Crippen LogP contribution in [0.25, 0.3) is 6.08 Å². The van der Waals surface area contributed by atoms with Crippen molar-refractivity contribution in [2.45, 2.75) is 6.04 Å². The highest BCUT2D eigenvalue weighted by Gasteiger charge is 2.31. The molecule has 0 bridgehead atoms. The van der Waals surface area contributed by atoms with Gasteiger partial charge in [0.05, 0.1) is 21.8 Å². The first kappa shape index (κ1) is 22.1. The van der Waals surface area contributed by atoms with Crippen LogP contribution >= 0.6 is 23.2 Å². The average Bonchev–Trinajstić information content (AvgIpc) is 3.07. The van der Waals surface area contributed by atoms with Gasteiger partial charge in [0, 0.05) is 17.2 Å². The topological polar surface area (TPSA) is 80.8 Å². The maximum absolute atomic E-state index is 12.8. The van der Waals surface area contributed by atoms with Gasteiger partial charge in [-0.25, -0.2) is 13.2 Å². The van der Waals surface area contributed by atoms with Crippen molar-refractivity contribution < 1.29 is 22.7 Å². The van der Waals surface area contributed by atoms with E-state index in [2.05, 4.69) is 0 Å². The molecule has 0 fully saturated rings. The quantitative estimate of drug-likeness (QED) is 0.477. The van der Waals surface area contributed by atoms with E-state index in [1.54, 1.807) is 48.5 Å². The van der Waals surface area contributed by atoms with E-state index < -0.39 is 34.4 Å². The second kappa shape index (κ2) is 9.47. The highest BCUT2D eigenvalue weighted by atomic mass is 35.5. The molecule has 1 amide bonds. The van der Waals surface area contributed by atoms with Crippen molar-refractivity contribution in [2.24, 2.45) is 0 Å². The van der Waals surface area contributed by atoms with Crippen molar-refractivity contribution >= 4 is 56.7 Å². The lowest BCUT2D eigenvalue weighted by Crippen LogP contribution is -2.43. The van der Waals surface area contributed by atoms with Crippen molar-refractivity contribution in [3.63, 3.8) is 0 Å². The maximum Gasteiger partial charge on any atom is 0.331 e. The smallest absolute Gasteiger partial charge is 0.331 e. The molecule has 0 N–H and O–H groups in total. The first-order valence-corrected chi connectivity index (χ1v) is 11.3. The summed E-state index contributed by atoms with van der Waals surface area (Å²) in [6.07, 6.45) is 4.10. The fourth-order valence-electron chi connectivity index (χ4n) is 2.86. The minimum atomic E-state index is -3.37. The summed E-state index contributed by atoms with van der Waals surface area (Å²) in [4.78, 5) is 26.1. The summed E-state index contributed by atoms with van der Waals surface area (Å²) in [5.41, 5.74) is 1.15. The third kappa shape index (κ3) is 5.72. The summed E-state index contributed by atoms with van der Waals surface area (Å²) in [7, 11) is -3.37. The highest BCUT2D eigenvalue weighted by molar-refractivity contribution is 7.94. The molecule has 1 aliphatic rings. The lowest BCUT2D eigenvalue weighted by molar-refractivity contribution is -0.143. The van der Waals surface area contributed by atoms with Gasteiger partial charge in [-0.3, -0.25) is 4.79 Å². The number of esters is 1. The summed E-state index contributed by atoms with van der Waals surface area (Å²) in [5.74, 6) is -1.49. The van der Waals surface area contributed by atoms with Gasteiger partial charge in [-0.1, -0.05) is 47.5 Å². The average molecular weight is 466 g/mol. The number of rotatable bonds is 6. The second-order valence-electron chi connectivity index (χ2n) is 6.44. The lowest BCUT2D eigenvalue weighted by atomic mass is 10.2. The second-order valence-corrected chi connectivity index (χ2v) is 9.18. The predicted molar refractivity (Wildman–Crippen MR) is 117 cm³/mol. The van der Waals surface area contributed by atoms with Gasteiger partial charge < -0.3 is 9.64 Å². The summed E-state index contributed by atoms with van der Waals surface area (Å²) >= 11 is 11.8. The monoisotopic (exact) mass is 465 g/mol. The van der Waals surface area contributed by atoms with E-state index in [0.717, 1.165) is 5.41 Å². The third-order valence-electron chi connectivity index (χ3n) is 4.24. The Kier molecular flexibility index (Phi) is 6.97. The Balaban J connectivity index is 1.67. The van der Waals surface area contributed by atoms with Gasteiger partial charge in [0.1, 0.15) is 0 Å². The molecule has 2 aromatic rings. The normalized spacial score (nSPS) is 17.2. The maximum atomic E-state index is 12.8. The molecule has 0 spiro atoms. The Hall–Kier alpha value is -2.61. The summed E-state index contributed by atoms with van der Waals surface area (Å²) in [5, 5.41) is 1.83. The molecule has 9 heteroatoms. The van der Waals surface area contributed by atoms with Crippen molar-refractivity contribution in [2.75, 3.05) is 17.3 Å². The molecule has 0 aromatic heterocycles. The molecule has 0 aliphatic carbocycles. The first-order chi connectivity index (χ1) is 14.2. The molecule has 0 saturated heterocycles. The molecule has 3 rings (SSSR count). The van der Waals surface area contributed by atoms with E-state index in [-0.39, 0.29) is 5.75 Å². The zero-order valence-electron chi connectivity index (χ0n) is 15.6. The number of carbonyl (C=O) groups excluding carboxylic acids is 2. The Morgan fingerprint density at radius 1 is 1.10 bits per heavy atom. The SMILES string of the molecule is O=C(/C=C/c1ccc(Cl)c(Cl)c1)OCC(=O)N(c1ccccc1)C1C=CS(=O)(=O)C1. The zero-order valence-corrected chi connectivity index (χ0v) is 17.9. The van der Waals surface area contributed by atoms with Crippen molar-refractivity contribution in [1.29, 1.82) is 0 Å². The molecule has 2 aromatic carbocycles. The van der Waals surface area contributed by atoms with Crippen LogP contribution in [-0.4, -0.2) is 38.7 Å². The number of nitrogens with zero attached hydrogens (tertiary/aromatic N) is 1. The van der Waals surface area contributed by atoms with Gasteiger partial charge in [0.2, 0.25) is 0 Å². The van der Waals surface area contributed by atoms with Crippen LogP contribution in [0.4, 0.5) is 5.69 Å². The van der Waals surface area contributed by atoms with Crippen LogP contribution in [0.15, 0.2) is 66.1 Å². The number of halogens is 2. The molecule has 1 unspecified atom stereocenters. The van der Waals surface area contributed by atoms with Crippen molar-refractivity contribution in [1.82, 2.24) is 0 Å². The van der Waals surface area contributed by atoms with Gasteiger partial charge in [-0.05, 0) is 42.0 Å². The summed E-state index contributed by atoms with van der Waals surface area (Å²) in [6.45, 7) is -0.538. The molecule has 0 radical (unpaired) electrons. The standard InChI is InChI=1S/C21H17Cl2NO5S/c22-18-8-6-15(12-19(18)23)7-9-21(26)29-13-20(25)24(16-4-2-1-3-5-16)17-10-11-30(27,28)14-17/h1-12,17H,13-14H2/b9-7+. The molecule has 30 heavy (non-hydrogen) atoms. The summed E-state index contributed by atoms with van der Waals surface area (Å²) < 4.78 is 28.6. The van der Waals surface area contributed by atoms with Gasteiger partial charge in [-0.2, -0.15) is 0 Å². The van der Waals surface area contributed by atoms with E-state index >= 15 is 0 Å². The number of benzene rings is 2.